The van der Waals surface area contributed by atoms with E-state index in [-0.39, 0.29) is 0 Å². The van der Waals surface area contributed by atoms with Gasteiger partial charge in [0, 0.05) is 10.9 Å². The number of nitrogens with zero attached hydrogens (tertiary/aromatic N) is 2. The summed E-state index contributed by atoms with van der Waals surface area (Å²) in [6, 6.07) is 0.426. The Balaban J connectivity index is 1.92. The molecule has 0 aliphatic carbocycles. The van der Waals surface area contributed by atoms with E-state index in [0.717, 1.165) is 29.6 Å². The first kappa shape index (κ1) is 14.7. The van der Waals surface area contributed by atoms with E-state index in [1.807, 2.05) is 6.92 Å². The van der Waals surface area contributed by atoms with Gasteiger partial charge in [0.05, 0.1) is 5.39 Å². The second kappa shape index (κ2) is 5.89. The fourth-order valence-electron chi connectivity index (χ4n) is 3.10. The zero-order chi connectivity index (χ0) is 15.0. The minimum atomic E-state index is 0.426. The molecule has 2 aromatic rings. The molecule has 1 saturated heterocycles. The van der Waals surface area contributed by atoms with Crippen molar-refractivity contribution in [2.75, 3.05) is 18.4 Å². The molecule has 3 heterocycles. The molecule has 2 N–H and O–H groups in total. The molecule has 0 bridgehead atoms. The van der Waals surface area contributed by atoms with Gasteiger partial charge in [-0.15, -0.1) is 11.3 Å². The summed E-state index contributed by atoms with van der Waals surface area (Å²) >= 11 is 1.77. The van der Waals surface area contributed by atoms with Crippen LogP contribution in [-0.4, -0.2) is 29.1 Å². The highest BCUT2D eigenvalue weighted by atomic mass is 32.1. The Hall–Kier alpha value is -1.20. The van der Waals surface area contributed by atoms with Gasteiger partial charge in [0.1, 0.15) is 16.5 Å². The number of rotatable bonds is 3. The summed E-state index contributed by atoms with van der Waals surface area (Å²) in [4.78, 5) is 11.7. The fraction of sp³-hybridized carbons (Fsp3) is 0.625. The van der Waals surface area contributed by atoms with Gasteiger partial charge in [-0.2, -0.15) is 0 Å². The maximum atomic E-state index is 4.67. The quantitative estimate of drug-likeness (QED) is 0.912. The highest BCUT2D eigenvalue weighted by Gasteiger charge is 2.22. The smallest absolute Gasteiger partial charge is 0.139 e. The van der Waals surface area contributed by atoms with Crippen LogP contribution in [0.2, 0.25) is 0 Å². The normalized spacial score (nSPS) is 20.7. The third-order valence-corrected chi connectivity index (χ3v) is 5.65. The molecule has 5 heteroatoms. The number of fused-ring (bicyclic) bond motifs is 1. The van der Waals surface area contributed by atoms with Gasteiger partial charge in [0.25, 0.3) is 0 Å². The largest absolute Gasteiger partial charge is 0.367 e. The number of piperidine rings is 1. The van der Waals surface area contributed by atoms with E-state index >= 15 is 0 Å². The Bertz CT molecular complexity index is 643. The molecule has 1 fully saturated rings. The van der Waals surface area contributed by atoms with Gasteiger partial charge in [-0.25, -0.2) is 9.97 Å². The molecule has 114 valence electrons. The van der Waals surface area contributed by atoms with Crippen LogP contribution in [0.4, 0.5) is 5.82 Å². The third kappa shape index (κ3) is 2.90. The third-order valence-electron chi connectivity index (χ3n) is 4.55. The molecule has 0 spiro atoms. The summed E-state index contributed by atoms with van der Waals surface area (Å²) in [7, 11) is 0. The number of aryl methyl sites for hydroxylation is 3. The predicted molar refractivity (Wildman–Crippen MR) is 90.3 cm³/mol. The lowest BCUT2D eigenvalue weighted by Gasteiger charge is -2.29. The van der Waals surface area contributed by atoms with Gasteiger partial charge in [-0.3, -0.25) is 0 Å². The van der Waals surface area contributed by atoms with E-state index in [2.05, 4.69) is 41.4 Å². The van der Waals surface area contributed by atoms with Gasteiger partial charge >= 0.3 is 0 Å². The average molecular weight is 304 g/mol. The van der Waals surface area contributed by atoms with Crippen molar-refractivity contribution in [3.8, 4) is 0 Å². The number of hydrogen-bond acceptors (Lipinski definition) is 5. The van der Waals surface area contributed by atoms with Gasteiger partial charge in [-0.05, 0) is 65.1 Å². The Kier molecular flexibility index (Phi) is 4.13. The van der Waals surface area contributed by atoms with Crippen LogP contribution in [0.15, 0.2) is 0 Å². The van der Waals surface area contributed by atoms with Crippen molar-refractivity contribution < 1.29 is 0 Å². The van der Waals surface area contributed by atoms with Crippen molar-refractivity contribution >= 4 is 27.4 Å². The number of nitrogens with one attached hydrogen (secondary N) is 2. The van der Waals surface area contributed by atoms with Crippen molar-refractivity contribution in [2.24, 2.45) is 5.92 Å². The highest BCUT2D eigenvalue weighted by Crippen LogP contribution is 2.34. The first-order valence-corrected chi connectivity index (χ1v) is 8.59. The minimum absolute atomic E-state index is 0.426. The second-order valence-corrected chi connectivity index (χ2v) is 7.33. The summed E-state index contributed by atoms with van der Waals surface area (Å²) < 4.78 is 0. The van der Waals surface area contributed by atoms with Crippen LogP contribution in [0.3, 0.4) is 0 Å². The number of anilines is 1. The van der Waals surface area contributed by atoms with E-state index in [9.17, 15) is 0 Å². The Morgan fingerprint density at radius 1 is 1.29 bits per heavy atom. The SMILES string of the molecule is Cc1nc(NC(C)C2CCCNC2)c2c(C)c(C)sc2n1. The van der Waals surface area contributed by atoms with Crippen molar-refractivity contribution in [1.29, 1.82) is 0 Å². The standard InChI is InChI=1S/C16H24N4S/c1-9-11(3)21-16-14(9)15(19-12(4)20-16)18-10(2)13-6-5-7-17-8-13/h10,13,17H,5-8H2,1-4H3,(H,18,19,20). The zero-order valence-electron chi connectivity index (χ0n) is 13.3. The fourth-order valence-corrected chi connectivity index (χ4v) is 4.17. The van der Waals surface area contributed by atoms with E-state index in [4.69, 9.17) is 0 Å². The van der Waals surface area contributed by atoms with E-state index < -0.39 is 0 Å². The predicted octanol–water partition coefficient (Wildman–Crippen LogP) is 3.42. The molecule has 1 aliphatic rings. The maximum absolute atomic E-state index is 4.67. The van der Waals surface area contributed by atoms with Crippen molar-refractivity contribution in [1.82, 2.24) is 15.3 Å². The molecule has 2 atom stereocenters. The van der Waals surface area contributed by atoms with Crippen LogP contribution in [-0.2, 0) is 0 Å². The zero-order valence-corrected chi connectivity index (χ0v) is 14.1. The van der Waals surface area contributed by atoms with Gasteiger partial charge in [-0.1, -0.05) is 0 Å². The number of thiophene rings is 1. The summed E-state index contributed by atoms with van der Waals surface area (Å²) in [6.45, 7) is 10.8. The van der Waals surface area contributed by atoms with Crippen molar-refractivity contribution in [3.05, 3.63) is 16.3 Å². The summed E-state index contributed by atoms with van der Waals surface area (Å²) in [6.07, 6.45) is 2.56. The first-order valence-electron chi connectivity index (χ1n) is 7.78. The lowest BCUT2D eigenvalue weighted by molar-refractivity contribution is 0.347. The van der Waals surface area contributed by atoms with Crippen LogP contribution < -0.4 is 10.6 Å². The summed E-state index contributed by atoms with van der Waals surface area (Å²) in [5, 5.41) is 8.37. The lowest BCUT2D eigenvalue weighted by atomic mass is 9.93. The maximum Gasteiger partial charge on any atom is 0.139 e. The van der Waals surface area contributed by atoms with Crippen molar-refractivity contribution in [3.63, 3.8) is 0 Å². The van der Waals surface area contributed by atoms with E-state index in [1.54, 1.807) is 11.3 Å². The lowest BCUT2D eigenvalue weighted by Crippen LogP contribution is -2.39. The Labute approximate surface area is 130 Å². The molecule has 0 aromatic carbocycles. The second-order valence-electron chi connectivity index (χ2n) is 6.12. The molecule has 21 heavy (non-hydrogen) atoms. The van der Waals surface area contributed by atoms with Gasteiger partial charge < -0.3 is 10.6 Å². The molecule has 4 nitrogen and oxygen atoms in total. The molecular weight excluding hydrogens is 280 g/mol. The van der Waals surface area contributed by atoms with Crippen LogP contribution in [0.1, 0.15) is 36.0 Å². The Morgan fingerprint density at radius 2 is 2.10 bits per heavy atom. The molecule has 0 radical (unpaired) electrons. The molecular formula is C16H24N4S. The topological polar surface area (TPSA) is 49.8 Å². The van der Waals surface area contributed by atoms with E-state index in [1.165, 1.54) is 28.7 Å². The average Bonchev–Trinajstić information content (AvgIpc) is 2.74. The molecule has 2 unspecified atom stereocenters. The van der Waals surface area contributed by atoms with E-state index in [0.29, 0.717) is 12.0 Å². The monoisotopic (exact) mass is 304 g/mol. The highest BCUT2D eigenvalue weighted by molar-refractivity contribution is 7.18. The van der Waals surface area contributed by atoms with Gasteiger partial charge in [0.15, 0.2) is 0 Å². The van der Waals surface area contributed by atoms with Crippen LogP contribution in [0.25, 0.3) is 10.2 Å². The first-order chi connectivity index (χ1) is 10.1. The Morgan fingerprint density at radius 3 is 2.81 bits per heavy atom. The summed E-state index contributed by atoms with van der Waals surface area (Å²) in [5.74, 6) is 2.53. The number of hydrogen-bond donors (Lipinski definition) is 2. The van der Waals surface area contributed by atoms with Gasteiger partial charge in [0.2, 0.25) is 0 Å². The molecule has 3 rings (SSSR count). The number of aromatic nitrogens is 2. The summed E-state index contributed by atoms with van der Waals surface area (Å²) in [5.41, 5.74) is 1.31. The molecule has 2 aromatic heterocycles. The van der Waals surface area contributed by atoms with Crippen LogP contribution in [0, 0.1) is 26.7 Å². The van der Waals surface area contributed by atoms with Crippen molar-refractivity contribution in [2.45, 2.75) is 46.6 Å². The van der Waals surface area contributed by atoms with Crippen LogP contribution >= 0.6 is 11.3 Å². The molecule has 1 aliphatic heterocycles. The minimum Gasteiger partial charge on any atom is -0.367 e. The molecule has 0 amide bonds. The van der Waals surface area contributed by atoms with Crippen LogP contribution in [0.5, 0.6) is 0 Å². The molecule has 0 saturated carbocycles.